The molecule has 2 fully saturated rings. The van der Waals surface area contributed by atoms with Crippen LogP contribution in [0.15, 0.2) is 0 Å². The van der Waals surface area contributed by atoms with Crippen molar-refractivity contribution >= 4 is 5.97 Å². The number of unbranched alkanes of at least 4 members (excludes halogenated alkanes) is 1. The maximum atomic E-state index is 12.9. The molecular formula is C18H32O2. The quantitative estimate of drug-likeness (QED) is 0.584. The van der Waals surface area contributed by atoms with Crippen molar-refractivity contribution in [1.82, 2.24) is 0 Å². The molecule has 0 amide bonds. The fourth-order valence-corrected chi connectivity index (χ4v) is 4.04. The van der Waals surface area contributed by atoms with Crippen molar-refractivity contribution < 1.29 is 9.53 Å². The van der Waals surface area contributed by atoms with Crippen molar-refractivity contribution in [3.05, 3.63) is 0 Å². The summed E-state index contributed by atoms with van der Waals surface area (Å²) in [7, 11) is 0. The Balaban J connectivity index is 2.00. The number of carbonyl (C=O) groups is 1. The summed E-state index contributed by atoms with van der Waals surface area (Å²) in [5.74, 6) is 0.148. The highest BCUT2D eigenvalue weighted by Crippen LogP contribution is 2.46. The third-order valence-corrected chi connectivity index (χ3v) is 5.53. The number of esters is 1. The molecule has 2 nitrogen and oxygen atoms in total. The molecule has 2 rings (SSSR count). The lowest BCUT2D eigenvalue weighted by Crippen LogP contribution is -2.46. The average Bonchev–Trinajstić information content (AvgIpc) is 2.42. The van der Waals surface area contributed by atoms with Crippen LogP contribution >= 0.6 is 0 Å². The van der Waals surface area contributed by atoms with Gasteiger partial charge in [-0.1, -0.05) is 46.0 Å². The van der Waals surface area contributed by atoms with Crippen molar-refractivity contribution in [2.24, 2.45) is 5.41 Å². The van der Waals surface area contributed by atoms with E-state index in [1.54, 1.807) is 0 Å². The van der Waals surface area contributed by atoms with E-state index in [1.807, 2.05) is 0 Å². The average molecular weight is 280 g/mol. The van der Waals surface area contributed by atoms with Crippen LogP contribution in [0.2, 0.25) is 0 Å². The largest absolute Gasteiger partial charge is 0.459 e. The van der Waals surface area contributed by atoms with Gasteiger partial charge in [0.15, 0.2) is 0 Å². The van der Waals surface area contributed by atoms with Crippen LogP contribution in [0.1, 0.15) is 97.3 Å². The maximum Gasteiger partial charge on any atom is 0.312 e. The van der Waals surface area contributed by atoms with Gasteiger partial charge in [0, 0.05) is 0 Å². The first-order valence-electron chi connectivity index (χ1n) is 8.90. The maximum absolute atomic E-state index is 12.9. The van der Waals surface area contributed by atoms with Crippen LogP contribution in [0.5, 0.6) is 0 Å². The number of hydrogen-bond donors (Lipinski definition) is 0. The van der Waals surface area contributed by atoms with E-state index in [0.29, 0.717) is 0 Å². The second-order valence-electron chi connectivity index (χ2n) is 7.12. The summed E-state index contributed by atoms with van der Waals surface area (Å²) in [6.45, 7) is 4.41. The van der Waals surface area contributed by atoms with Crippen LogP contribution < -0.4 is 0 Å². The molecule has 0 radical (unpaired) electrons. The van der Waals surface area contributed by atoms with Crippen LogP contribution in [0.3, 0.4) is 0 Å². The summed E-state index contributed by atoms with van der Waals surface area (Å²) in [5.41, 5.74) is -0.215. The lowest BCUT2D eigenvalue weighted by atomic mass is 9.70. The van der Waals surface area contributed by atoms with Crippen molar-refractivity contribution in [3.63, 3.8) is 0 Å². The monoisotopic (exact) mass is 280 g/mol. The van der Waals surface area contributed by atoms with E-state index in [1.165, 1.54) is 38.5 Å². The molecule has 0 unspecified atom stereocenters. The summed E-state index contributed by atoms with van der Waals surface area (Å²) < 4.78 is 6.13. The van der Waals surface area contributed by atoms with E-state index < -0.39 is 0 Å². The number of ether oxygens (including phenoxy) is 1. The Bertz CT molecular complexity index is 306. The second kappa shape index (κ2) is 6.95. The third-order valence-electron chi connectivity index (χ3n) is 5.53. The molecule has 20 heavy (non-hydrogen) atoms. The van der Waals surface area contributed by atoms with Gasteiger partial charge in [0.05, 0.1) is 5.41 Å². The molecule has 116 valence electrons. The van der Waals surface area contributed by atoms with E-state index in [4.69, 9.17) is 4.74 Å². The Kier molecular flexibility index (Phi) is 5.51. The second-order valence-corrected chi connectivity index (χ2v) is 7.12. The molecule has 0 spiro atoms. The molecule has 2 aliphatic carbocycles. The molecule has 0 aromatic heterocycles. The smallest absolute Gasteiger partial charge is 0.312 e. The fourth-order valence-electron chi connectivity index (χ4n) is 4.04. The summed E-state index contributed by atoms with van der Waals surface area (Å²) in [4.78, 5) is 12.9. The molecular weight excluding hydrogens is 248 g/mol. The van der Waals surface area contributed by atoms with Crippen molar-refractivity contribution in [1.29, 1.82) is 0 Å². The van der Waals surface area contributed by atoms with Gasteiger partial charge in [-0.25, -0.2) is 0 Å². The van der Waals surface area contributed by atoms with Gasteiger partial charge in [0.1, 0.15) is 5.60 Å². The SMILES string of the molecule is CCCCC1(OC(=O)C2(CCC)CCCCC2)CCC1. The summed E-state index contributed by atoms with van der Waals surface area (Å²) in [5, 5.41) is 0. The Labute approximate surface area is 124 Å². The van der Waals surface area contributed by atoms with Crippen molar-refractivity contribution in [2.45, 2.75) is 103 Å². The van der Waals surface area contributed by atoms with Crippen LogP contribution in [0, 0.1) is 5.41 Å². The molecule has 0 atom stereocenters. The number of hydrogen-bond acceptors (Lipinski definition) is 2. The van der Waals surface area contributed by atoms with Gasteiger partial charge in [-0.2, -0.15) is 0 Å². The van der Waals surface area contributed by atoms with Crippen LogP contribution in [0.4, 0.5) is 0 Å². The minimum atomic E-state index is -0.137. The number of carbonyl (C=O) groups excluding carboxylic acids is 1. The Morgan fingerprint density at radius 2 is 1.60 bits per heavy atom. The first kappa shape index (κ1) is 15.9. The van der Waals surface area contributed by atoms with Crippen molar-refractivity contribution in [3.8, 4) is 0 Å². The Hall–Kier alpha value is -0.530. The highest BCUT2D eigenvalue weighted by atomic mass is 16.6. The molecule has 2 heteroatoms. The molecule has 0 bridgehead atoms. The first-order chi connectivity index (χ1) is 9.66. The zero-order valence-electron chi connectivity index (χ0n) is 13.5. The molecule has 0 aromatic rings. The topological polar surface area (TPSA) is 26.3 Å². The van der Waals surface area contributed by atoms with Gasteiger partial charge in [0.25, 0.3) is 0 Å². The normalized spacial score (nSPS) is 23.9. The molecule has 2 saturated carbocycles. The predicted molar refractivity (Wildman–Crippen MR) is 82.6 cm³/mol. The van der Waals surface area contributed by atoms with Gasteiger partial charge in [0.2, 0.25) is 0 Å². The lowest BCUT2D eigenvalue weighted by Gasteiger charge is -2.45. The van der Waals surface area contributed by atoms with Crippen LogP contribution in [-0.2, 0) is 9.53 Å². The molecule has 2 aliphatic rings. The minimum Gasteiger partial charge on any atom is -0.459 e. The third kappa shape index (κ3) is 3.38. The fraction of sp³-hybridized carbons (Fsp3) is 0.944. The van der Waals surface area contributed by atoms with E-state index >= 15 is 0 Å². The standard InChI is InChI=1S/C18H32O2/c1-3-5-13-18(14-9-15-18)20-16(19)17(10-4-2)11-7-6-8-12-17/h3-15H2,1-2H3. The van der Waals surface area contributed by atoms with E-state index in [9.17, 15) is 4.79 Å². The summed E-state index contributed by atoms with van der Waals surface area (Å²) in [6.07, 6.45) is 14.8. The zero-order chi connectivity index (χ0) is 14.5. The Morgan fingerprint density at radius 1 is 0.900 bits per heavy atom. The molecule has 0 aliphatic heterocycles. The molecule has 0 N–H and O–H groups in total. The van der Waals surface area contributed by atoms with Crippen molar-refractivity contribution in [2.75, 3.05) is 0 Å². The highest BCUT2D eigenvalue weighted by Gasteiger charge is 2.46. The van der Waals surface area contributed by atoms with E-state index in [0.717, 1.165) is 44.9 Å². The Morgan fingerprint density at radius 3 is 2.10 bits per heavy atom. The van der Waals surface area contributed by atoms with Crippen LogP contribution in [0.25, 0.3) is 0 Å². The zero-order valence-corrected chi connectivity index (χ0v) is 13.5. The van der Waals surface area contributed by atoms with Gasteiger partial charge in [-0.3, -0.25) is 4.79 Å². The molecule has 0 saturated heterocycles. The van der Waals surface area contributed by atoms with E-state index in [2.05, 4.69) is 13.8 Å². The van der Waals surface area contributed by atoms with Gasteiger partial charge >= 0.3 is 5.97 Å². The van der Waals surface area contributed by atoms with Gasteiger partial charge in [-0.05, 0) is 51.4 Å². The van der Waals surface area contributed by atoms with Gasteiger partial charge in [-0.15, -0.1) is 0 Å². The van der Waals surface area contributed by atoms with E-state index in [-0.39, 0.29) is 17.0 Å². The predicted octanol–water partition coefficient (Wildman–Crippen LogP) is 5.39. The highest BCUT2D eigenvalue weighted by molar-refractivity contribution is 5.77. The minimum absolute atomic E-state index is 0.0781. The van der Waals surface area contributed by atoms with Crippen LogP contribution in [-0.4, -0.2) is 11.6 Å². The molecule has 0 heterocycles. The molecule has 0 aromatic carbocycles. The summed E-state index contributed by atoms with van der Waals surface area (Å²) in [6, 6.07) is 0. The summed E-state index contributed by atoms with van der Waals surface area (Å²) >= 11 is 0. The number of rotatable bonds is 7. The lowest BCUT2D eigenvalue weighted by molar-refractivity contribution is -0.186. The van der Waals surface area contributed by atoms with Gasteiger partial charge < -0.3 is 4.74 Å². The first-order valence-corrected chi connectivity index (χ1v) is 8.90.